The lowest BCUT2D eigenvalue weighted by atomic mass is 10.1. The lowest BCUT2D eigenvalue weighted by Gasteiger charge is -2.15. The first-order valence-corrected chi connectivity index (χ1v) is 4.81. The number of hydrogen-bond donors (Lipinski definition) is 3. The molecule has 2 atom stereocenters. The molecule has 0 rings (SSSR count). The van der Waals surface area contributed by atoms with Crippen LogP contribution in [-0.4, -0.2) is 29.1 Å². The number of nitrogens with one attached hydrogen (secondary N) is 1. The van der Waals surface area contributed by atoms with Crippen molar-refractivity contribution >= 4 is 11.9 Å². The fourth-order valence-electron chi connectivity index (χ4n) is 1.06. The van der Waals surface area contributed by atoms with Crippen LogP contribution in [0, 0.1) is 0 Å². The maximum Gasteiger partial charge on any atom is 0.326 e. The zero-order valence-corrected chi connectivity index (χ0v) is 8.62. The average Bonchev–Trinajstić information content (AvgIpc) is 2.13. The van der Waals surface area contributed by atoms with Gasteiger partial charge in [0.1, 0.15) is 6.04 Å². The number of rotatable bonds is 6. The van der Waals surface area contributed by atoms with Crippen LogP contribution in [0.5, 0.6) is 0 Å². The maximum absolute atomic E-state index is 11.3. The minimum atomic E-state index is -1.02. The Kier molecular flexibility index (Phi) is 5.87. The van der Waals surface area contributed by atoms with Gasteiger partial charge in [-0.3, -0.25) is 4.79 Å². The van der Waals surface area contributed by atoms with Crippen molar-refractivity contribution in [3.8, 4) is 0 Å². The number of aliphatic carboxylic acids is 1. The first-order chi connectivity index (χ1) is 6.52. The number of carbonyl (C=O) groups excluding carboxylic acids is 1. The van der Waals surface area contributed by atoms with Gasteiger partial charge in [-0.2, -0.15) is 0 Å². The van der Waals surface area contributed by atoms with Gasteiger partial charge in [0.05, 0.1) is 6.04 Å². The van der Waals surface area contributed by atoms with Gasteiger partial charge >= 0.3 is 5.97 Å². The lowest BCUT2D eigenvalue weighted by Crippen LogP contribution is -2.48. The van der Waals surface area contributed by atoms with Crippen LogP contribution in [0.1, 0.15) is 33.1 Å². The molecule has 0 radical (unpaired) electrons. The number of carboxylic acids is 1. The molecule has 0 aliphatic carbocycles. The molecular weight excluding hydrogens is 184 g/mol. The summed E-state index contributed by atoms with van der Waals surface area (Å²) in [4.78, 5) is 21.9. The predicted octanol–water partition coefficient (Wildman–Crippen LogP) is 0.0932. The zero-order valence-electron chi connectivity index (χ0n) is 8.62. The summed E-state index contributed by atoms with van der Waals surface area (Å²) in [5, 5.41) is 11.1. The van der Waals surface area contributed by atoms with Crippen LogP contribution in [0.15, 0.2) is 0 Å². The number of carbonyl (C=O) groups is 2. The molecule has 82 valence electrons. The highest BCUT2D eigenvalue weighted by Gasteiger charge is 2.20. The van der Waals surface area contributed by atoms with Gasteiger partial charge in [0, 0.05) is 0 Å². The van der Waals surface area contributed by atoms with Gasteiger partial charge in [0.25, 0.3) is 0 Å². The topological polar surface area (TPSA) is 92.4 Å². The summed E-state index contributed by atoms with van der Waals surface area (Å²) in [7, 11) is 0. The molecule has 4 N–H and O–H groups in total. The highest BCUT2D eigenvalue weighted by molar-refractivity contribution is 5.86. The fourth-order valence-corrected chi connectivity index (χ4v) is 1.06. The number of hydrogen-bond acceptors (Lipinski definition) is 3. The Hall–Kier alpha value is -1.10. The van der Waals surface area contributed by atoms with E-state index >= 15 is 0 Å². The van der Waals surface area contributed by atoms with Gasteiger partial charge in [-0.05, 0) is 12.8 Å². The largest absolute Gasteiger partial charge is 0.480 e. The summed E-state index contributed by atoms with van der Waals surface area (Å²) < 4.78 is 0. The number of carboxylic acid groups (broad SMARTS) is 1. The van der Waals surface area contributed by atoms with E-state index in [4.69, 9.17) is 10.8 Å². The smallest absolute Gasteiger partial charge is 0.326 e. The van der Waals surface area contributed by atoms with Crippen molar-refractivity contribution < 1.29 is 14.7 Å². The summed E-state index contributed by atoms with van der Waals surface area (Å²) in [5.74, 6) is -1.41. The van der Waals surface area contributed by atoms with Crippen molar-refractivity contribution in [1.82, 2.24) is 5.32 Å². The summed E-state index contributed by atoms with van der Waals surface area (Å²) in [6.07, 6.45) is 1.74. The third kappa shape index (κ3) is 4.23. The van der Waals surface area contributed by atoms with E-state index in [9.17, 15) is 9.59 Å². The van der Waals surface area contributed by atoms with Gasteiger partial charge in [0.15, 0.2) is 0 Å². The standard InChI is InChI=1S/C9H18N2O3/c1-3-5-6(10)8(12)11-7(4-2)9(13)14/h6-7H,3-5,10H2,1-2H3,(H,11,12)(H,13,14)/t6-,7-/m1/s1. The van der Waals surface area contributed by atoms with E-state index in [1.54, 1.807) is 6.92 Å². The lowest BCUT2D eigenvalue weighted by molar-refractivity contribution is -0.142. The Labute approximate surface area is 83.7 Å². The van der Waals surface area contributed by atoms with Gasteiger partial charge in [-0.15, -0.1) is 0 Å². The Morgan fingerprint density at radius 2 is 2.00 bits per heavy atom. The molecule has 5 heteroatoms. The Balaban J connectivity index is 4.08. The van der Waals surface area contributed by atoms with E-state index < -0.39 is 18.1 Å². The monoisotopic (exact) mass is 202 g/mol. The summed E-state index contributed by atoms with van der Waals surface area (Å²) >= 11 is 0. The van der Waals surface area contributed by atoms with Gasteiger partial charge in [-0.25, -0.2) is 4.79 Å². The van der Waals surface area contributed by atoms with E-state index in [-0.39, 0.29) is 5.91 Å². The van der Waals surface area contributed by atoms with Gasteiger partial charge in [-0.1, -0.05) is 20.3 Å². The van der Waals surface area contributed by atoms with E-state index in [1.165, 1.54) is 0 Å². The molecular formula is C9H18N2O3. The van der Waals surface area contributed by atoms with Crippen LogP contribution < -0.4 is 11.1 Å². The van der Waals surface area contributed by atoms with Crippen molar-refractivity contribution in [2.24, 2.45) is 5.73 Å². The molecule has 14 heavy (non-hydrogen) atoms. The number of amides is 1. The Bertz CT molecular complexity index is 206. The highest BCUT2D eigenvalue weighted by Crippen LogP contribution is 1.96. The van der Waals surface area contributed by atoms with Crippen molar-refractivity contribution in [2.45, 2.75) is 45.2 Å². The molecule has 0 saturated carbocycles. The zero-order chi connectivity index (χ0) is 11.1. The molecule has 0 aliphatic rings. The van der Waals surface area contributed by atoms with Crippen molar-refractivity contribution in [3.05, 3.63) is 0 Å². The maximum atomic E-state index is 11.3. The summed E-state index contributed by atoms with van der Waals surface area (Å²) in [6, 6.07) is -1.43. The second-order valence-electron chi connectivity index (χ2n) is 3.20. The molecule has 0 bridgehead atoms. The quantitative estimate of drug-likeness (QED) is 0.569. The van der Waals surface area contributed by atoms with Crippen molar-refractivity contribution in [2.75, 3.05) is 0 Å². The molecule has 5 nitrogen and oxygen atoms in total. The molecule has 0 aromatic rings. The van der Waals surface area contributed by atoms with Crippen molar-refractivity contribution in [3.63, 3.8) is 0 Å². The SMILES string of the molecule is CCC[C@@H](N)C(=O)N[C@H](CC)C(=O)O. The van der Waals surface area contributed by atoms with Crippen LogP contribution in [0.4, 0.5) is 0 Å². The minimum absolute atomic E-state index is 0.361. The highest BCUT2D eigenvalue weighted by atomic mass is 16.4. The molecule has 0 spiro atoms. The van der Waals surface area contributed by atoms with Crippen LogP contribution in [0.3, 0.4) is 0 Å². The van der Waals surface area contributed by atoms with Crippen LogP contribution >= 0.6 is 0 Å². The third-order valence-electron chi connectivity index (χ3n) is 1.96. The molecule has 0 fully saturated rings. The fraction of sp³-hybridized carbons (Fsp3) is 0.778. The van der Waals surface area contributed by atoms with E-state index in [2.05, 4.69) is 5.32 Å². The third-order valence-corrected chi connectivity index (χ3v) is 1.96. The molecule has 0 unspecified atom stereocenters. The molecule has 0 aliphatic heterocycles. The first-order valence-electron chi connectivity index (χ1n) is 4.81. The van der Waals surface area contributed by atoms with Crippen LogP contribution in [0.2, 0.25) is 0 Å². The van der Waals surface area contributed by atoms with Crippen LogP contribution in [-0.2, 0) is 9.59 Å². The summed E-state index contributed by atoms with van der Waals surface area (Å²) in [5.41, 5.74) is 5.53. The Morgan fingerprint density at radius 1 is 1.43 bits per heavy atom. The second kappa shape index (κ2) is 6.37. The van der Waals surface area contributed by atoms with Crippen molar-refractivity contribution in [1.29, 1.82) is 0 Å². The molecule has 0 aromatic heterocycles. The van der Waals surface area contributed by atoms with E-state index in [0.29, 0.717) is 12.8 Å². The van der Waals surface area contributed by atoms with Crippen LogP contribution in [0.25, 0.3) is 0 Å². The Morgan fingerprint density at radius 3 is 2.36 bits per heavy atom. The number of nitrogens with two attached hydrogens (primary N) is 1. The van der Waals surface area contributed by atoms with E-state index in [1.807, 2.05) is 6.92 Å². The van der Waals surface area contributed by atoms with Gasteiger partial charge in [0.2, 0.25) is 5.91 Å². The van der Waals surface area contributed by atoms with Gasteiger partial charge < -0.3 is 16.2 Å². The first kappa shape index (κ1) is 12.9. The second-order valence-corrected chi connectivity index (χ2v) is 3.20. The molecule has 0 aromatic carbocycles. The normalized spacial score (nSPS) is 14.5. The predicted molar refractivity (Wildman–Crippen MR) is 52.7 cm³/mol. The van der Waals surface area contributed by atoms with E-state index in [0.717, 1.165) is 6.42 Å². The average molecular weight is 202 g/mol. The summed E-state index contributed by atoms with van der Waals surface area (Å²) in [6.45, 7) is 3.62. The minimum Gasteiger partial charge on any atom is -0.480 e. The molecule has 1 amide bonds. The molecule has 0 saturated heterocycles. The molecule has 0 heterocycles.